The average molecular weight is 422 g/mol. The Labute approximate surface area is 173 Å². The molecule has 0 radical (unpaired) electrons. The standard InChI is InChI=1S/C20H27N3O3S2/c1-15-7-5-6-10-22(15)19(25)14-27-13-18(24)21-20-23(11-12-26-2)16-8-3-4-9-17(16)28-20/h3-4,8-9,15H,5-7,10-14H2,1-2H3. The summed E-state index contributed by atoms with van der Waals surface area (Å²) >= 11 is 2.85. The SMILES string of the molecule is COCCn1c(=NC(=O)CSCC(=O)N2CCCCC2C)sc2ccccc21. The Hall–Kier alpha value is -1.64. The number of carbonyl (C=O) groups is 2. The Balaban J connectivity index is 1.63. The van der Waals surface area contributed by atoms with E-state index in [1.807, 2.05) is 33.7 Å². The van der Waals surface area contributed by atoms with E-state index in [-0.39, 0.29) is 17.6 Å². The molecule has 8 heteroatoms. The predicted octanol–water partition coefficient (Wildman–Crippen LogP) is 2.91. The molecule has 1 fully saturated rings. The summed E-state index contributed by atoms with van der Waals surface area (Å²) in [4.78, 5) is 31.7. The number of carbonyl (C=O) groups excluding carboxylic acids is 2. The Morgan fingerprint density at radius 2 is 2.11 bits per heavy atom. The number of para-hydroxylation sites is 1. The maximum atomic E-state index is 12.4. The number of hydrogen-bond donors (Lipinski definition) is 0. The molecule has 1 aromatic heterocycles. The number of fused-ring (bicyclic) bond motifs is 1. The van der Waals surface area contributed by atoms with Crippen molar-refractivity contribution in [2.75, 3.05) is 31.8 Å². The number of thiazole rings is 1. The third-order valence-corrected chi connectivity index (χ3v) is 6.86. The van der Waals surface area contributed by atoms with Crippen molar-refractivity contribution in [1.29, 1.82) is 0 Å². The lowest BCUT2D eigenvalue weighted by Crippen LogP contribution is -2.43. The van der Waals surface area contributed by atoms with Crippen LogP contribution >= 0.6 is 23.1 Å². The van der Waals surface area contributed by atoms with Crippen LogP contribution in [0, 0.1) is 0 Å². The third-order valence-electron chi connectivity index (χ3n) is 4.90. The molecule has 1 unspecified atom stereocenters. The van der Waals surface area contributed by atoms with Gasteiger partial charge in [0.1, 0.15) is 0 Å². The highest BCUT2D eigenvalue weighted by Crippen LogP contribution is 2.18. The van der Waals surface area contributed by atoms with Gasteiger partial charge in [-0.2, -0.15) is 4.99 Å². The van der Waals surface area contributed by atoms with Crippen LogP contribution in [-0.4, -0.2) is 59.1 Å². The van der Waals surface area contributed by atoms with Gasteiger partial charge in [-0.1, -0.05) is 23.5 Å². The van der Waals surface area contributed by atoms with Gasteiger partial charge < -0.3 is 14.2 Å². The van der Waals surface area contributed by atoms with E-state index in [9.17, 15) is 9.59 Å². The molecule has 6 nitrogen and oxygen atoms in total. The fraction of sp³-hybridized carbons (Fsp3) is 0.550. The second-order valence-corrected chi connectivity index (χ2v) is 8.92. The van der Waals surface area contributed by atoms with Gasteiger partial charge in [-0.25, -0.2) is 0 Å². The zero-order valence-corrected chi connectivity index (χ0v) is 18.1. The maximum absolute atomic E-state index is 12.4. The first-order valence-electron chi connectivity index (χ1n) is 9.62. The minimum Gasteiger partial charge on any atom is -0.383 e. The molecule has 1 atom stereocenters. The monoisotopic (exact) mass is 421 g/mol. The first-order valence-corrected chi connectivity index (χ1v) is 11.6. The van der Waals surface area contributed by atoms with Crippen molar-refractivity contribution in [1.82, 2.24) is 9.47 Å². The molecular weight excluding hydrogens is 394 g/mol. The molecule has 0 saturated carbocycles. The summed E-state index contributed by atoms with van der Waals surface area (Å²) in [6, 6.07) is 8.32. The summed E-state index contributed by atoms with van der Waals surface area (Å²) in [6.07, 6.45) is 3.33. The largest absolute Gasteiger partial charge is 0.383 e. The van der Waals surface area contributed by atoms with E-state index >= 15 is 0 Å². The first kappa shape index (κ1) is 21.1. The quantitative estimate of drug-likeness (QED) is 0.690. The number of benzene rings is 1. The molecule has 2 heterocycles. The van der Waals surface area contributed by atoms with Gasteiger partial charge in [-0.05, 0) is 38.3 Å². The fourth-order valence-corrected chi connectivity index (χ4v) is 5.18. The number of rotatable bonds is 7. The molecule has 1 aliphatic heterocycles. The van der Waals surface area contributed by atoms with Crippen molar-refractivity contribution >= 4 is 45.1 Å². The Kier molecular flexibility index (Phi) is 7.70. The minimum absolute atomic E-state index is 0.127. The van der Waals surface area contributed by atoms with Gasteiger partial charge in [0.05, 0.1) is 28.3 Å². The molecule has 1 saturated heterocycles. The summed E-state index contributed by atoms with van der Waals surface area (Å²) in [5.41, 5.74) is 1.05. The molecule has 2 aromatic rings. The van der Waals surface area contributed by atoms with Crippen molar-refractivity contribution in [3.05, 3.63) is 29.1 Å². The Morgan fingerprint density at radius 1 is 1.29 bits per heavy atom. The highest BCUT2D eigenvalue weighted by atomic mass is 32.2. The fourth-order valence-electron chi connectivity index (χ4n) is 3.42. The van der Waals surface area contributed by atoms with Crippen molar-refractivity contribution in [2.24, 2.45) is 4.99 Å². The number of aromatic nitrogens is 1. The van der Waals surface area contributed by atoms with Crippen molar-refractivity contribution in [3.8, 4) is 0 Å². The number of likely N-dealkylation sites (tertiary alicyclic amines) is 1. The van der Waals surface area contributed by atoms with Crippen LogP contribution in [0.15, 0.2) is 29.3 Å². The van der Waals surface area contributed by atoms with E-state index in [1.165, 1.54) is 29.5 Å². The summed E-state index contributed by atoms with van der Waals surface area (Å²) in [5.74, 6) is 0.470. The van der Waals surface area contributed by atoms with Crippen molar-refractivity contribution in [2.45, 2.75) is 38.8 Å². The second kappa shape index (κ2) is 10.2. The molecule has 0 aliphatic carbocycles. The lowest BCUT2D eigenvalue weighted by atomic mass is 10.0. The molecule has 28 heavy (non-hydrogen) atoms. The van der Waals surface area contributed by atoms with Crippen molar-refractivity contribution < 1.29 is 14.3 Å². The lowest BCUT2D eigenvalue weighted by molar-refractivity contribution is -0.131. The predicted molar refractivity (Wildman–Crippen MR) is 115 cm³/mol. The van der Waals surface area contributed by atoms with E-state index in [0.29, 0.717) is 29.7 Å². The average Bonchev–Trinajstić information content (AvgIpc) is 3.03. The maximum Gasteiger partial charge on any atom is 0.258 e. The zero-order valence-electron chi connectivity index (χ0n) is 16.4. The topological polar surface area (TPSA) is 63.9 Å². The number of thioether (sulfide) groups is 1. The molecule has 3 rings (SSSR count). The summed E-state index contributed by atoms with van der Waals surface area (Å²) < 4.78 is 8.30. The van der Waals surface area contributed by atoms with Gasteiger partial charge in [0.15, 0.2) is 4.80 Å². The van der Waals surface area contributed by atoms with Gasteiger partial charge in [-0.3, -0.25) is 9.59 Å². The van der Waals surface area contributed by atoms with Gasteiger partial charge >= 0.3 is 0 Å². The molecule has 0 spiro atoms. The number of nitrogens with zero attached hydrogens (tertiary/aromatic N) is 3. The molecule has 0 N–H and O–H groups in total. The summed E-state index contributed by atoms with van der Waals surface area (Å²) in [5, 5.41) is 0. The number of amides is 2. The zero-order chi connectivity index (χ0) is 19.9. The molecular formula is C20H27N3O3S2. The van der Waals surface area contributed by atoms with E-state index < -0.39 is 0 Å². The van der Waals surface area contributed by atoms with Crippen LogP contribution in [-0.2, 0) is 20.9 Å². The van der Waals surface area contributed by atoms with Gasteiger partial charge in [0.25, 0.3) is 5.91 Å². The van der Waals surface area contributed by atoms with E-state index in [4.69, 9.17) is 4.74 Å². The second-order valence-electron chi connectivity index (χ2n) is 6.93. The molecule has 1 aliphatic rings. The molecule has 1 aromatic carbocycles. The van der Waals surface area contributed by atoms with Crippen LogP contribution in [0.1, 0.15) is 26.2 Å². The highest BCUT2D eigenvalue weighted by Gasteiger charge is 2.22. The van der Waals surface area contributed by atoms with E-state index in [1.54, 1.807) is 7.11 Å². The van der Waals surface area contributed by atoms with Gasteiger partial charge in [-0.15, -0.1) is 11.8 Å². The lowest BCUT2D eigenvalue weighted by Gasteiger charge is -2.33. The summed E-state index contributed by atoms with van der Waals surface area (Å²) in [7, 11) is 1.66. The van der Waals surface area contributed by atoms with Crippen LogP contribution in [0.4, 0.5) is 0 Å². The smallest absolute Gasteiger partial charge is 0.258 e. The number of piperidine rings is 1. The normalized spacial score (nSPS) is 18.0. The Bertz CT molecular complexity index is 890. The number of ether oxygens (including phenoxy) is 1. The number of methoxy groups -OCH3 is 1. The van der Waals surface area contributed by atoms with Crippen molar-refractivity contribution in [3.63, 3.8) is 0 Å². The summed E-state index contributed by atoms with van der Waals surface area (Å²) in [6.45, 7) is 4.13. The molecule has 0 bridgehead atoms. The van der Waals surface area contributed by atoms with Crippen LogP contribution in [0.2, 0.25) is 0 Å². The minimum atomic E-state index is -0.206. The molecule has 2 amide bonds. The third kappa shape index (κ3) is 5.24. The van der Waals surface area contributed by atoms with Crippen LogP contribution < -0.4 is 4.80 Å². The molecule has 152 valence electrons. The highest BCUT2D eigenvalue weighted by molar-refractivity contribution is 8.00. The number of hydrogen-bond acceptors (Lipinski definition) is 5. The van der Waals surface area contributed by atoms with E-state index in [2.05, 4.69) is 11.9 Å². The van der Waals surface area contributed by atoms with Crippen LogP contribution in [0.3, 0.4) is 0 Å². The van der Waals surface area contributed by atoms with Crippen LogP contribution in [0.25, 0.3) is 10.2 Å². The first-order chi connectivity index (χ1) is 13.6. The van der Waals surface area contributed by atoms with E-state index in [0.717, 1.165) is 29.6 Å². The van der Waals surface area contributed by atoms with Crippen LogP contribution in [0.5, 0.6) is 0 Å². The van der Waals surface area contributed by atoms with Gasteiger partial charge in [0, 0.05) is 26.2 Å². The van der Waals surface area contributed by atoms with Gasteiger partial charge in [0.2, 0.25) is 5.91 Å². The Morgan fingerprint density at radius 3 is 2.89 bits per heavy atom.